The highest BCUT2D eigenvalue weighted by Gasteiger charge is 2.30. The van der Waals surface area contributed by atoms with Gasteiger partial charge >= 0.3 is 0 Å². The number of imide groups is 1. The SMILES string of the molecule is CC1(COc2ccc(CN3C(=O)CSC3=O)cc2)CCCCC1. The van der Waals surface area contributed by atoms with Crippen LogP contribution in [0.5, 0.6) is 5.75 Å². The van der Waals surface area contributed by atoms with Crippen LogP contribution in [0.3, 0.4) is 0 Å². The number of hydrogen-bond acceptors (Lipinski definition) is 4. The Morgan fingerprint density at radius 2 is 1.83 bits per heavy atom. The number of carbonyl (C=O) groups is 2. The Hall–Kier alpha value is -1.49. The normalized spacial score (nSPS) is 20.8. The third-order valence-electron chi connectivity index (χ3n) is 4.75. The molecule has 1 aromatic rings. The maximum Gasteiger partial charge on any atom is 0.289 e. The number of carbonyl (C=O) groups excluding carboxylic acids is 2. The van der Waals surface area contributed by atoms with Gasteiger partial charge in [-0.1, -0.05) is 50.1 Å². The molecule has 0 radical (unpaired) electrons. The average Bonchev–Trinajstić information content (AvgIpc) is 2.87. The van der Waals surface area contributed by atoms with E-state index >= 15 is 0 Å². The summed E-state index contributed by atoms with van der Waals surface area (Å²) in [6, 6.07) is 7.73. The number of rotatable bonds is 5. The molecule has 1 saturated heterocycles. The number of hydrogen-bond donors (Lipinski definition) is 0. The summed E-state index contributed by atoms with van der Waals surface area (Å²) in [7, 11) is 0. The van der Waals surface area contributed by atoms with Gasteiger partial charge in [0.2, 0.25) is 5.91 Å². The lowest BCUT2D eigenvalue weighted by Crippen LogP contribution is -2.28. The van der Waals surface area contributed by atoms with Crippen LogP contribution in [0.25, 0.3) is 0 Å². The molecule has 1 aliphatic carbocycles. The van der Waals surface area contributed by atoms with Crippen molar-refractivity contribution >= 4 is 22.9 Å². The fourth-order valence-electron chi connectivity index (χ4n) is 3.21. The van der Waals surface area contributed by atoms with E-state index in [2.05, 4.69) is 6.92 Å². The Labute approximate surface area is 141 Å². The minimum Gasteiger partial charge on any atom is -0.493 e. The maximum absolute atomic E-state index is 11.6. The molecule has 5 heteroatoms. The van der Waals surface area contributed by atoms with E-state index in [9.17, 15) is 9.59 Å². The molecule has 0 atom stereocenters. The molecular weight excluding hydrogens is 310 g/mol. The van der Waals surface area contributed by atoms with Crippen LogP contribution in [0.15, 0.2) is 24.3 Å². The van der Waals surface area contributed by atoms with Gasteiger partial charge in [-0.3, -0.25) is 14.5 Å². The van der Waals surface area contributed by atoms with E-state index < -0.39 is 0 Å². The molecule has 0 unspecified atom stereocenters. The van der Waals surface area contributed by atoms with Crippen LogP contribution >= 0.6 is 11.8 Å². The summed E-state index contributed by atoms with van der Waals surface area (Å²) in [6.07, 6.45) is 6.42. The number of ether oxygens (including phenoxy) is 1. The zero-order valence-corrected chi connectivity index (χ0v) is 14.4. The van der Waals surface area contributed by atoms with Gasteiger partial charge in [0.1, 0.15) is 5.75 Å². The standard InChI is InChI=1S/C18H23NO3S/c1-18(9-3-2-4-10-18)13-22-15-7-5-14(6-8-15)11-19-16(20)12-23-17(19)21/h5-8H,2-4,9-13H2,1H3. The predicted molar refractivity (Wildman–Crippen MR) is 91.5 cm³/mol. The second-order valence-electron chi connectivity index (χ2n) is 6.84. The van der Waals surface area contributed by atoms with Gasteiger partial charge in [-0.05, 0) is 30.5 Å². The molecule has 0 bridgehead atoms. The van der Waals surface area contributed by atoms with Gasteiger partial charge in [-0.25, -0.2) is 0 Å². The number of benzene rings is 1. The lowest BCUT2D eigenvalue weighted by atomic mass is 9.76. The van der Waals surface area contributed by atoms with Crippen LogP contribution in [0.4, 0.5) is 4.79 Å². The molecule has 0 aromatic heterocycles. The Bertz CT molecular complexity index is 562. The lowest BCUT2D eigenvalue weighted by Gasteiger charge is -2.33. The highest BCUT2D eigenvalue weighted by atomic mass is 32.2. The van der Waals surface area contributed by atoms with Crippen molar-refractivity contribution in [2.75, 3.05) is 12.4 Å². The van der Waals surface area contributed by atoms with Crippen LogP contribution < -0.4 is 4.74 Å². The number of nitrogens with zero attached hydrogens (tertiary/aromatic N) is 1. The maximum atomic E-state index is 11.6. The zero-order valence-electron chi connectivity index (χ0n) is 13.5. The molecule has 124 valence electrons. The van der Waals surface area contributed by atoms with Crippen molar-refractivity contribution in [2.24, 2.45) is 5.41 Å². The Morgan fingerprint density at radius 3 is 2.43 bits per heavy atom. The molecule has 3 rings (SSSR count). The van der Waals surface area contributed by atoms with Gasteiger partial charge in [0, 0.05) is 5.41 Å². The molecule has 4 nitrogen and oxygen atoms in total. The van der Waals surface area contributed by atoms with Gasteiger partial charge in [-0.15, -0.1) is 0 Å². The summed E-state index contributed by atoms with van der Waals surface area (Å²) in [5.74, 6) is 1.01. The molecule has 0 spiro atoms. The average molecular weight is 333 g/mol. The van der Waals surface area contributed by atoms with Gasteiger partial charge in [0.15, 0.2) is 0 Å². The van der Waals surface area contributed by atoms with Gasteiger partial charge in [0.05, 0.1) is 18.9 Å². The first kappa shape index (κ1) is 16.4. The molecule has 0 N–H and O–H groups in total. The lowest BCUT2D eigenvalue weighted by molar-refractivity contribution is -0.125. The second kappa shape index (κ2) is 6.95. The van der Waals surface area contributed by atoms with Crippen LogP contribution in [0.2, 0.25) is 0 Å². The Morgan fingerprint density at radius 1 is 1.13 bits per heavy atom. The Kier molecular flexibility index (Phi) is 4.95. The molecule has 23 heavy (non-hydrogen) atoms. The first-order chi connectivity index (χ1) is 11.1. The summed E-state index contributed by atoms with van der Waals surface area (Å²) in [5, 5.41) is -0.152. The molecule has 1 heterocycles. The molecule has 1 aromatic carbocycles. The van der Waals surface area contributed by atoms with Gasteiger partial charge in [-0.2, -0.15) is 0 Å². The minimum absolute atomic E-state index is 0.106. The van der Waals surface area contributed by atoms with E-state index in [1.807, 2.05) is 24.3 Å². The minimum atomic E-state index is -0.152. The second-order valence-corrected chi connectivity index (χ2v) is 7.77. The first-order valence-corrected chi connectivity index (χ1v) is 9.23. The van der Waals surface area contributed by atoms with Crippen LogP contribution in [0.1, 0.15) is 44.6 Å². The van der Waals surface area contributed by atoms with E-state index in [1.165, 1.54) is 37.0 Å². The van der Waals surface area contributed by atoms with Crippen molar-refractivity contribution in [1.82, 2.24) is 4.90 Å². The van der Waals surface area contributed by atoms with Crippen molar-refractivity contribution in [3.8, 4) is 5.75 Å². The van der Waals surface area contributed by atoms with E-state index in [1.54, 1.807) is 0 Å². The summed E-state index contributed by atoms with van der Waals surface area (Å²) >= 11 is 1.07. The van der Waals surface area contributed by atoms with Crippen molar-refractivity contribution in [3.63, 3.8) is 0 Å². The topological polar surface area (TPSA) is 46.6 Å². The highest BCUT2D eigenvalue weighted by Crippen LogP contribution is 2.36. The van der Waals surface area contributed by atoms with Gasteiger partial charge in [0.25, 0.3) is 5.24 Å². The van der Waals surface area contributed by atoms with Crippen molar-refractivity contribution in [3.05, 3.63) is 29.8 Å². The molecule has 2 fully saturated rings. The first-order valence-electron chi connectivity index (χ1n) is 8.25. The monoisotopic (exact) mass is 333 g/mol. The number of amides is 2. The summed E-state index contributed by atoms with van der Waals surface area (Å²) < 4.78 is 5.96. The smallest absolute Gasteiger partial charge is 0.289 e. The summed E-state index contributed by atoms with van der Waals surface area (Å²) in [4.78, 5) is 24.5. The Balaban J connectivity index is 1.54. The third kappa shape index (κ3) is 4.08. The van der Waals surface area contributed by atoms with Crippen molar-refractivity contribution in [2.45, 2.75) is 45.6 Å². The molecule has 2 amide bonds. The van der Waals surface area contributed by atoms with Crippen molar-refractivity contribution in [1.29, 1.82) is 0 Å². The zero-order chi connectivity index (χ0) is 16.3. The fourth-order valence-corrected chi connectivity index (χ4v) is 3.94. The van der Waals surface area contributed by atoms with E-state index in [0.717, 1.165) is 29.7 Å². The van der Waals surface area contributed by atoms with E-state index in [0.29, 0.717) is 12.0 Å². The summed E-state index contributed by atoms with van der Waals surface area (Å²) in [6.45, 7) is 3.41. The number of thioether (sulfide) groups is 1. The fraction of sp³-hybridized carbons (Fsp3) is 0.556. The predicted octanol–water partition coefficient (Wildman–Crippen LogP) is 4.23. The molecular formula is C18H23NO3S. The quantitative estimate of drug-likeness (QED) is 0.809. The van der Waals surface area contributed by atoms with Crippen LogP contribution in [-0.4, -0.2) is 28.4 Å². The molecule has 2 aliphatic rings. The summed E-state index contributed by atoms with van der Waals surface area (Å²) in [5.41, 5.74) is 1.24. The molecule has 1 saturated carbocycles. The van der Waals surface area contributed by atoms with Crippen molar-refractivity contribution < 1.29 is 14.3 Å². The van der Waals surface area contributed by atoms with Crippen LogP contribution in [-0.2, 0) is 11.3 Å². The van der Waals surface area contributed by atoms with E-state index in [-0.39, 0.29) is 16.9 Å². The molecule has 1 aliphatic heterocycles. The largest absolute Gasteiger partial charge is 0.493 e. The third-order valence-corrected chi connectivity index (χ3v) is 5.61. The van der Waals surface area contributed by atoms with Gasteiger partial charge < -0.3 is 4.74 Å². The van der Waals surface area contributed by atoms with E-state index in [4.69, 9.17) is 4.74 Å². The highest BCUT2D eigenvalue weighted by molar-refractivity contribution is 8.14. The van der Waals surface area contributed by atoms with Crippen LogP contribution in [0, 0.1) is 5.41 Å².